The van der Waals surface area contributed by atoms with Crippen LogP contribution in [0.4, 0.5) is 4.79 Å². The van der Waals surface area contributed by atoms with Crippen molar-refractivity contribution in [3.63, 3.8) is 0 Å². The number of rotatable bonds is 8. The van der Waals surface area contributed by atoms with Crippen molar-refractivity contribution in [2.24, 2.45) is 5.73 Å². The number of ether oxygens (including phenoxy) is 2. The normalized spacial score (nSPS) is 18.6. The molecule has 3 aromatic rings. The summed E-state index contributed by atoms with van der Waals surface area (Å²) in [4.78, 5) is 27.5. The lowest BCUT2D eigenvalue weighted by Gasteiger charge is -2.41. The molecular weight excluding hydrogens is 478 g/mol. The van der Waals surface area contributed by atoms with Crippen molar-refractivity contribution >= 4 is 12.0 Å². The van der Waals surface area contributed by atoms with Gasteiger partial charge in [0, 0.05) is 18.5 Å². The topological polar surface area (TPSA) is 93.9 Å². The average molecular weight is 514 g/mol. The Morgan fingerprint density at radius 1 is 0.895 bits per heavy atom. The SMILES string of the molecule is N[C@H](COCc1ccccc1)C(=O)N1CCC2(CC1)CC(NC(=O)OCc1ccccc1)c1ccccc12. The molecule has 5 rings (SSSR count). The molecule has 1 spiro atoms. The van der Waals surface area contributed by atoms with Crippen LogP contribution in [0.15, 0.2) is 84.9 Å². The lowest BCUT2D eigenvalue weighted by molar-refractivity contribution is -0.135. The number of alkyl carbamates (subject to hydrolysis) is 1. The Bertz CT molecular complexity index is 1230. The standard InChI is InChI=1S/C31H35N3O4/c32-27(22-37-20-23-9-3-1-4-10-23)29(35)34-17-15-31(16-18-34)19-28(25-13-7-8-14-26(25)31)33-30(36)38-21-24-11-5-2-6-12-24/h1-14,27-28H,15-22,32H2,(H,33,36)/t27-,28?/m1/s1. The summed E-state index contributed by atoms with van der Waals surface area (Å²) in [6.45, 7) is 2.12. The van der Waals surface area contributed by atoms with Crippen LogP contribution in [-0.2, 0) is 32.9 Å². The molecule has 38 heavy (non-hydrogen) atoms. The predicted octanol–water partition coefficient (Wildman–Crippen LogP) is 4.46. The first-order valence-corrected chi connectivity index (χ1v) is 13.3. The van der Waals surface area contributed by atoms with Crippen molar-refractivity contribution in [1.82, 2.24) is 10.2 Å². The molecule has 1 saturated heterocycles. The number of carbonyl (C=O) groups excluding carboxylic acids is 2. The highest BCUT2D eigenvalue weighted by Gasteiger charge is 2.46. The summed E-state index contributed by atoms with van der Waals surface area (Å²) in [5.41, 5.74) is 10.5. The Morgan fingerprint density at radius 2 is 1.50 bits per heavy atom. The van der Waals surface area contributed by atoms with E-state index in [0.717, 1.165) is 36.0 Å². The second-order valence-corrected chi connectivity index (χ2v) is 10.3. The first-order valence-electron chi connectivity index (χ1n) is 13.3. The fraction of sp³-hybridized carbons (Fsp3) is 0.355. The Balaban J connectivity index is 1.15. The van der Waals surface area contributed by atoms with Gasteiger partial charge in [0.2, 0.25) is 5.91 Å². The van der Waals surface area contributed by atoms with Crippen molar-refractivity contribution < 1.29 is 19.1 Å². The fourth-order valence-corrected chi connectivity index (χ4v) is 5.74. The molecule has 0 saturated carbocycles. The summed E-state index contributed by atoms with van der Waals surface area (Å²) >= 11 is 0. The highest BCUT2D eigenvalue weighted by molar-refractivity contribution is 5.82. The summed E-state index contributed by atoms with van der Waals surface area (Å²) in [5, 5.41) is 3.09. The van der Waals surface area contributed by atoms with E-state index in [0.29, 0.717) is 19.7 Å². The van der Waals surface area contributed by atoms with Gasteiger partial charge in [-0.3, -0.25) is 4.79 Å². The van der Waals surface area contributed by atoms with Crippen molar-refractivity contribution in [2.75, 3.05) is 19.7 Å². The van der Waals surface area contributed by atoms with Gasteiger partial charge in [-0.05, 0) is 41.5 Å². The smallest absolute Gasteiger partial charge is 0.407 e. The zero-order valence-corrected chi connectivity index (χ0v) is 21.6. The third kappa shape index (κ3) is 5.90. The molecule has 0 bridgehead atoms. The number of hydrogen-bond acceptors (Lipinski definition) is 5. The molecule has 198 valence electrons. The first-order chi connectivity index (χ1) is 18.5. The molecule has 1 fully saturated rings. The van der Waals surface area contributed by atoms with Crippen molar-refractivity contribution in [3.8, 4) is 0 Å². The van der Waals surface area contributed by atoms with Crippen LogP contribution in [-0.4, -0.2) is 42.6 Å². The van der Waals surface area contributed by atoms with Gasteiger partial charge in [-0.15, -0.1) is 0 Å². The van der Waals surface area contributed by atoms with E-state index in [2.05, 4.69) is 17.4 Å². The minimum Gasteiger partial charge on any atom is -0.445 e. The van der Waals surface area contributed by atoms with Gasteiger partial charge in [0.25, 0.3) is 0 Å². The first kappa shape index (κ1) is 25.9. The third-order valence-electron chi connectivity index (χ3n) is 7.77. The quantitative estimate of drug-likeness (QED) is 0.464. The van der Waals surface area contributed by atoms with E-state index >= 15 is 0 Å². The number of amides is 2. The molecular formula is C31H35N3O4. The number of hydrogen-bond donors (Lipinski definition) is 2. The minimum atomic E-state index is -0.683. The molecule has 3 aromatic carbocycles. The molecule has 3 N–H and O–H groups in total. The van der Waals surface area contributed by atoms with Gasteiger partial charge in [0.05, 0.1) is 19.3 Å². The van der Waals surface area contributed by atoms with Gasteiger partial charge in [0.1, 0.15) is 12.6 Å². The Morgan fingerprint density at radius 3 is 2.18 bits per heavy atom. The van der Waals surface area contributed by atoms with E-state index in [1.54, 1.807) is 0 Å². The van der Waals surface area contributed by atoms with Crippen LogP contribution in [0.25, 0.3) is 0 Å². The molecule has 0 radical (unpaired) electrons. The van der Waals surface area contributed by atoms with Gasteiger partial charge in [0.15, 0.2) is 0 Å². The maximum absolute atomic E-state index is 13.0. The van der Waals surface area contributed by atoms with Crippen molar-refractivity contribution in [1.29, 1.82) is 0 Å². The van der Waals surface area contributed by atoms with Crippen LogP contribution >= 0.6 is 0 Å². The minimum absolute atomic E-state index is 0.0710. The van der Waals surface area contributed by atoms with Crippen LogP contribution in [0.2, 0.25) is 0 Å². The van der Waals surface area contributed by atoms with E-state index in [1.807, 2.05) is 77.7 Å². The highest BCUT2D eigenvalue weighted by atomic mass is 16.5. The molecule has 7 nitrogen and oxygen atoms in total. The molecule has 1 unspecified atom stereocenters. The second kappa shape index (κ2) is 11.8. The fourth-order valence-electron chi connectivity index (χ4n) is 5.74. The maximum Gasteiger partial charge on any atom is 0.407 e. The number of likely N-dealkylation sites (tertiary alicyclic amines) is 1. The van der Waals surface area contributed by atoms with E-state index in [1.165, 1.54) is 5.56 Å². The molecule has 7 heteroatoms. The molecule has 2 atom stereocenters. The van der Waals surface area contributed by atoms with Gasteiger partial charge in [-0.25, -0.2) is 4.79 Å². The summed E-state index contributed by atoms with van der Waals surface area (Å²) in [7, 11) is 0. The summed E-state index contributed by atoms with van der Waals surface area (Å²) < 4.78 is 11.2. The van der Waals surface area contributed by atoms with Crippen LogP contribution in [0.1, 0.15) is 47.6 Å². The molecule has 1 aliphatic heterocycles. The number of carbonyl (C=O) groups is 2. The number of fused-ring (bicyclic) bond motifs is 2. The Hall–Kier alpha value is -3.68. The summed E-state index contributed by atoms with van der Waals surface area (Å²) in [6, 6.07) is 27.0. The maximum atomic E-state index is 13.0. The van der Waals surface area contributed by atoms with E-state index in [-0.39, 0.29) is 30.6 Å². The largest absolute Gasteiger partial charge is 0.445 e. The summed E-state index contributed by atoms with van der Waals surface area (Å²) in [5.74, 6) is -0.0710. The Labute approximate surface area is 223 Å². The second-order valence-electron chi connectivity index (χ2n) is 10.3. The number of piperidine rings is 1. The lowest BCUT2D eigenvalue weighted by atomic mass is 9.73. The van der Waals surface area contributed by atoms with Gasteiger partial charge in [-0.2, -0.15) is 0 Å². The summed E-state index contributed by atoms with van der Waals surface area (Å²) in [6.07, 6.45) is 2.02. The zero-order chi connectivity index (χ0) is 26.4. The zero-order valence-electron chi connectivity index (χ0n) is 21.6. The van der Waals surface area contributed by atoms with Crippen LogP contribution < -0.4 is 11.1 Å². The third-order valence-corrected chi connectivity index (χ3v) is 7.77. The number of nitrogens with one attached hydrogen (secondary N) is 1. The number of nitrogens with two attached hydrogens (primary N) is 1. The Kier molecular flexibility index (Phi) is 8.05. The van der Waals surface area contributed by atoms with E-state index < -0.39 is 12.1 Å². The number of benzene rings is 3. The van der Waals surface area contributed by atoms with Crippen molar-refractivity contribution in [3.05, 3.63) is 107 Å². The molecule has 1 aliphatic carbocycles. The predicted molar refractivity (Wildman–Crippen MR) is 145 cm³/mol. The van der Waals surface area contributed by atoms with Gasteiger partial charge >= 0.3 is 6.09 Å². The van der Waals surface area contributed by atoms with Gasteiger partial charge in [-0.1, -0.05) is 84.9 Å². The average Bonchev–Trinajstić information content (AvgIpc) is 3.25. The monoisotopic (exact) mass is 513 g/mol. The van der Waals surface area contributed by atoms with E-state index in [4.69, 9.17) is 15.2 Å². The van der Waals surface area contributed by atoms with Crippen molar-refractivity contribution in [2.45, 2.75) is 50.0 Å². The number of nitrogens with zero attached hydrogens (tertiary/aromatic N) is 1. The van der Waals surface area contributed by atoms with Crippen LogP contribution in [0, 0.1) is 0 Å². The molecule has 2 aliphatic rings. The van der Waals surface area contributed by atoms with Crippen LogP contribution in [0.3, 0.4) is 0 Å². The molecule has 2 amide bonds. The molecule has 0 aromatic heterocycles. The lowest BCUT2D eigenvalue weighted by Crippen LogP contribution is -2.51. The van der Waals surface area contributed by atoms with Crippen LogP contribution in [0.5, 0.6) is 0 Å². The molecule has 1 heterocycles. The van der Waals surface area contributed by atoms with Gasteiger partial charge < -0.3 is 25.4 Å². The highest BCUT2D eigenvalue weighted by Crippen LogP contribution is 2.50. The van der Waals surface area contributed by atoms with E-state index in [9.17, 15) is 9.59 Å².